The van der Waals surface area contributed by atoms with Gasteiger partial charge >= 0.3 is 0 Å². The van der Waals surface area contributed by atoms with Crippen LogP contribution in [-0.4, -0.2) is 35.4 Å². The molecule has 0 unspecified atom stereocenters. The zero-order valence-corrected chi connectivity index (χ0v) is 15.9. The number of benzene rings is 1. The van der Waals surface area contributed by atoms with E-state index in [0.717, 1.165) is 58.3 Å². The Morgan fingerprint density at radius 2 is 1.89 bits per heavy atom. The Kier molecular flexibility index (Phi) is 5.53. The molecule has 4 heteroatoms. The Labute approximate surface area is 162 Å². The van der Waals surface area contributed by atoms with Crippen LogP contribution in [0.3, 0.4) is 0 Å². The molecule has 1 aromatic carbocycles. The number of amides is 1. The quantitative estimate of drug-likeness (QED) is 0.767. The topological polar surface area (TPSA) is 45.2 Å². The van der Waals surface area contributed by atoms with Crippen molar-refractivity contribution in [1.82, 2.24) is 15.2 Å². The lowest BCUT2D eigenvalue weighted by atomic mass is 9.90. The molecule has 2 aromatic rings. The number of pyridine rings is 1. The number of hydrogen-bond donors (Lipinski definition) is 1. The Morgan fingerprint density at radius 1 is 1.11 bits per heavy atom. The summed E-state index contributed by atoms with van der Waals surface area (Å²) in [7, 11) is 0. The predicted molar refractivity (Wildman–Crippen MR) is 107 cm³/mol. The number of nitrogens with zero attached hydrogens (tertiary/aromatic N) is 2. The van der Waals surface area contributed by atoms with Crippen LogP contribution in [-0.2, 0) is 17.8 Å². The number of carbonyl (C=O) groups is 1. The molecule has 27 heavy (non-hydrogen) atoms. The first-order chi connectivity index (χ1) is 13.3. The van der Waals surface area contributed by atoms with E-state index in [1.807, 2.05) is 24.5 Å². The molecule has 1 saturated heterocycles. The molecule has 1 atom stereocenters. The molecule has 2 fully saturated rings. The maximum Gasteiger partial charge on any atom is 0.223 e. The van der Waals surface area contributed by atoms with Gasteiger partial charge in [-0.1, -0.05) is 36.4 Å². The van der Waals surface area contributed by atoms with Crippen molar-refractivity contribution >= 4 is 5.91 Å². The highest BCUT2D eigenvalue weighted by Crippen LogP contribution is 2.59. The normalized spacial score (nSPS) is 21.1. The van der Waals surface area contributed by atoms with E-state index in [1.54, 1.807) is 0 Å². The van der Waals surface area contributed by atoms with Crippen molar-refractivity contribution in [3.63, 3.8) is 0 Å². The third-order valence-electron chi connectivity index (χ3n) is 6.27. The number of aromatic nitrogens is 1. The smallest absolute Gasteiger partial charge is 0.223 e. The van der Waals surface area contributed by atoms with E-state index >= 15 is 0 Å². The summed E-state index contributed by atoms with van der Waals surface area (Å²) in [5, 5.41) is 3.18. The second kappa shape index (κ2) is 8.22. The van der Waals surface area contributed by atoms with E-state index in [2.05, 4.69) is 45.5 Å². The molecule has 142 valence electrons. The van der Waals surface area contributed by atoms with E-state index in [0.29, 0.717) is 0 Å². The van der Waals surface area contributed by atoms with E-state index in [-0.39, 0.29) is 17.2 Å². The minimum atomic E-state index is 0.245. The van der Waals surface area contributed by atoms with Gasteiger partial charge in [-0.2, -0.15) is 0 Å². The van der Waals surface area contributed by atoms with Gasteiger partial charge in [0.1, 0.15) is 0 Å². The van der Waals surface area contributed by atoms with Crippen LogP contribution in [0.4, 0.5) is 0 Å². The molecular formula is C23H29N3O. The highest BCUT2D eigenvalue weighted by atomic mass is 16.2. The van der Waals surface area contributed by atoms with E-state index < -0.39 is 0 Å². The van der Waals surface area contributed by atoms with Crippen LogP contribution in [0.25, 0.3) is 0 Å². The molecule has 4 nitrogen and oxygen atoms in total. The van der Waals surface area contributed by atoms with Crippen LogP contribution in [0.2, 0.25) is 0 Å². The Hall–Kier alpha value is -2.20. The van der Waals surface area contributed by atoms with Crippen molar-refractivity contribution in [2.45, 2.75) is 38.6 Å². The van der Waals surface area contributed by atoms with Crippen molar-refractivity contribution in [2.24, 2.45) is 11.3 Å². The summed E-state index contributed by atoms with van der Waals surface area (Å²) in [6.07, 6.45) is 9.19. The summed E-state index contributed by atoms with van der Waals surface area (Å²) >= 11 is 0. The van der Waals surface area contributed by atoms with Crippen LogP contribution >= 0.6 is 0 Å². The zero-order valence-electron chi connectivity index (χ0n) is 15.9. The SMILES string of the molecule is O=C(NCCCc1ccccc1)[C@H]1CC12CCN(Cc1cccnc1)CC2. The Morgan fingerprint density at radius 3 is 2.63 bits per heavy atom. The highest BCUT2D eigenvalue weighted by Gasteiger charge is 2.58. The fourth-order valence-corrected chi connectivity index (χ4v) is 4.45. The van der Waals surface area contributed by atoms with Crippen molar-refractivity contribution < 1.29 is 4.79 Å². The molecule has 1 aromatic heterocycles. The summed E-state index contributed by atoms with van der Waals surface area (Å²) < 4.78 is 0. The number of aryl methyl sites for hydroxylation is 1. The highest BCUT2D eigenvalue weighted by molar-refractivity contribution is 5.82. The number of likely N-dealkylation sites (tertiary alicyclic amines) is 1. The van der Waals surface area contributed by atoms with Crippen LogP contribution < -0.4 is 5.32 Å². The number of carbonyl (C=O) groups excluding carboxylic acids is 1. The maximum absolute atomic E-state index is 12.5. The van der Waals surface area contributed by atoms with Crippen molar-refractivity contribution in [3.8, 4) is 0 Å². The summed E-state index contributed by atoms with van der Waals surface area (Å²) in [5.41, 5.74) is 2.90. The van der Waals surface area contributed by atoms with E-state index in [4.69, 9.17) is 0 Å². The van der Waals surface area contributed by atoms with Crippen LogP contribution in [0, 0.1) is 11.3 Å². The average Bonchev–Trinajstić information content (AvgIpc) is 3.42. The molecule has 2 aliphatic rings. The fraction of sp³-hybridized carbons (Fsp3) is 0.478. The largest absolute Gasteiger partial charge is 0.356 e. The number of rotatable bonds is 7. The molecule has 2 heterocycles. The van der Waals surface area contributed by atoms with Gasteiger partial charge in [0.25, 0.3) is 0 Å². The molecule has 1 amide bonds. The van der Waals surface area contributed by atoms with Crippen molar-refractivity contribution in [2.75, 3.05) is 19.6 Å². The van der Waals surface area contributed by atoms with Gasteiger partial charge in [-0.05, 0) is 67.8 Å². The van der Waals surface area contributed by atoms with Crippen LogP contribution in [0.5, 0.6) is 0 Å². The third kappa shape index (κ3) is 4.56. The summed E-state index contributed by atoms with van der Waals surface area (Å²) in [6, 6.07) is 14.6. The van der Waals surface area contributed by atoms with Crippen LogP contribution in [0.1, 0.15) is 36.8 Å². The summed E-state index contributed by atoms with van der Waals surface area (Å²) in [5.74, 6) is 0.526. The van der Waals surface area contributed by atoms with Gasteiger partial charge in [0.05, 0.1) is 0 Å². The first-order valence-electron chi connectivity index (χ1n) is 10.2. The van der Waals surface area contributed by atoms with Gasteiger partial charge in [-0.3, -0.25) is 14.7 Å². The monoisotopic (exact) mass is 363 g/mol. The molecule has 0 bridgehead atoms. The van der Waals surface area contributed by atoms with Gasteiger partial charge in [0, 0.05) is 31.4 Å². The van der Waals surface area contributed by atoms with E-state index in [1.165, 1.54) is 11.1 Å². The number of nitrogens with one attached hydrogen (secondary N) is 1. The minimum Gasteiger partial charge on any atom is -0.356 e. The van der Waals surface area contributed by atoms with E-state index in [9.17, 15) is 4.79 Å². The van der Waals surface area contributed by atoms with Gasteiger partial charge < -0.3 is 5.32 Å². The third-order valence-corrected chi connectivity index (χ3v) is 6.27. The molecule has 1 spiro atoms. The van der Waals surface area contributed by atoms with Gasteiger partial charge in [0.2, 0.25) is 5.91 Å². The van der Waals surface area contributed by atoms with Gasteiger partial charge in [-0.15, -0.1) is 0 Å². The predicted octanol–water partition coefficient (Wildman–Crippen LogP) is 3.43. The molecule has 1 aliphatic heterocycles. The molecule has 1 N–H and O–H groups in total. The zero-order chi connectivity index (χ0) is 18.5. The lowest BCUT2D eigenvalue weighted by Crippen LogP contribution is -2.37. The Balaban J connectivity index is 1.16. The standard InChI is InChI=1S/C23H29N3O/c27-22(25-13-5-8-19-6-2-1-3-7-19)21-16-23(21)10-14-26(15-11-23)18-20-9-4-12-24-17-20/h1-4,6-7,9,12,17,21H,5,8,10-11,13-16,18H2,(H,25,27)/t21-/m1/s1. The van der Waals surface area contributed by atoms with Gasteiger partial charge in [0.15, 0.2) is 0 Å². The minimum absolute atomic E-state index is 0.245. The van der Waals surface area contributed by atoms with Gasteiger partial charge in [-0.25, -0.2) is 0 Å². The second-order valence-corrected chi connectivity index (χ2v) is 8.14. The molecule has 4 rings (SSSR count). The van der Waals surface area contributed by atoms with Crippen molar-refractivity contribution in [1.29, 1.82) is 0 Å². The maximum atomic E-state index is 12.5. The first kappa shape index (κ1) is 18.2. The van der Waals surface area contributed by atoms with Crippen LogP contribution in [0.15, 0.2) is 54.9 Å². The summed E-state index contributed by atoms with van der Waals surface area (Å²) in [4.78, 5) is 19.2. The fourth-order valence-electron chi connectivity index (χ4n) is 4.45. The lowest BCUT2D eigenvalue weighted by Gasteiger charge is -2.32. The number of piperidine rings is 1. The molecule has 0 radical (unpaired) electrons. The second-order valence-electron chi connectivity index (χ2n) is 8.14. The number of hydrogen-bond acceptors (Lipinski definition) is 3. The van der Waals surface area contributed by atoms with Crippen molar-refractivity contribution in [3.05, 3.63) is 66.0 Å². The average molecular weight is 364 g/mol. The Bertz CT molecular complexity index is 739. The molecule has 1 aliphatic carbocycles. The first-order valence-corrected chi connectivity index (χ1v) is 10.2. The molecule has 1 saturated carbocycles. The lowest BCUT2D eigenvalue weighted by molar-refractivity contribution is -0.123. The molecular weight excluding hydrogens is 334 g/mol. The summed E-state index contributed by atoms with van der Waals surface area (Å²) in [6.45, 7) is 3.94.